The van der Waals surface area contributed by atoms with Crippen molar-refractivity contribution in [3.63, 3.8) is 0 Å². The van der Waals surface area contributed by atoms with Crippen molar-refractivity contribution in [1.29, 1.82) is 0 Å². The molecule has 58 heavy (non-hydrogen) atoms. The molecule has 0 atom stereocenters. The predicted molar refractivity (Wildman–Crippen MR) is 247 cm³/mol. The first kappa shape index (κ1) is 33.6. The van der Waals surface area contributed by atoms with Crippen LogP contribution in [0.25, 0.3) is 82.4 Å². The summed E-state index contributed by atoms with van der Waals surface area (Å²) in [5.74, 6) is 0. The van der Waals surface area contributed by atoms with E-state index in [1.807, 2.05) is 0 Å². The van der Waals surface area contributed by atoms with Crippen LogP contribution >= 0.6 is 0 Å². The number of benzene rings is 10. The zero-order valence-electron chi connectivity index (χ0n) is 31.8. The van der Waals surface area contributed by atoms with Gasteiger partial charge in [-0.3, -0.25) is 0 Å². The Bertz CT molecular complexity index is 3270. The largest absolute Gasteiger partial charge is 0.310 e. The van der Waals surface area contributed by atoms with Crippen molar-refractivity contribution in [2.75, 3.05) is 4.90 Å². The molecule has 0 saturated carbocycles. The summed E-state index contributed by atoms with van der Waals surface area (Å²) >= 11 is 0. The van der Waals surface area contributed by atoms with E-state index in [-0.39, 0.29) is 0 Å². The lowest BCUT2D eigenvalue weighted by molar-refractivity contribution is 1.18. The third-order valence-corrected chi connectivity index (χ3v) is 11.5. The lowest BCUT2D eigenvalue weighted by Gasteiger charge is -2.28. The highest BCUT2D eigenvalue weighted by molar-refractivity contribution is 6.17. The van der Waals surface area contributed by atoms with E-state index >= 15 is 0 Å². The highest BCUT2D eigenvalue weighted by Gasteiger charge is 2.21. The van der Waals surface area contributed by atoms with E-state index in [1.165, 1.54) is 71.2 Å². The molecule has 0 aliphatic heterocycles. The Morgan fingerprint density at radius 1 is 0.310 bits per heavy atom. The van der Waals surface area contributed by atoms with Crippen LogP contribution in [0.4, 0.5) is 17.1 Å². The summed E-state index contributed by atoms with van der Waals surface area (Å²) in [5, 5.41) is 7.45. The maximum Gasteiger partial charge on any atom is 0.0547 e. The van der Waals surface area contributed by atoms with Crippen LogP contribution in [0.2, 0.25) is 0 Å². The average molecular weight is 739 g/mol. The second-order valence-electron chi connectivity index (χ2n) is 14.9. The van der Waals surface area contributed by atoms with Crippen molar-refractivity contribution in [2.45, 2.75) is 0 Å². The minimum atomic E-state index is 1.09. The van der Waals surface area contributed by atoms with Gasteiger partial charge in [0, 0.05) is 33.4 Å². The fourth-order valence-corrected chi connectivity index (χ4v) is 8.89. The first-order valence-electron chi connectivity index (χ1n) is 19.9. The van der Waals surface area contributed by atoms with E-state index < -0.39 is 0 Å². The molecule has 0 amide bonds. The fraction of sp³-hybridized carbons (Fsp3) is 0. The quantitative estimate of drug-likeness (QED) is 0.148. The SMILES string of the molecule is c1ccc(-c2ccc3c(c2)c2c(-c4cccc(N(c5ccc6c(ccc7ccccc76)c5)c5ccccc5-c5ccccc5)c4)cccc2n3-c2ccccc2)cc1. The van der Waals surface area contributed by atoms with Gasteiger partial charge in [-0.1, -0.05) is 170 Å². The highest BCUT2D eigenvalue weighted by atomic mass is 15.1. The topological polar surface area (TPSA) is 8.17 Å². The lowest BCUT2D eigenvalue weighted by atomic mass is 9.96. The van der Waals surface area contributed by atoms with Gasteiger partial charge in [-0.25, -0.2) is 0 Å². The van der Waals surface area contributed by atoms with Gasteiger partial charge in [0.2, 0.25) is 0 Å². The van der Waals surface area contributed by atoms with Crippen molar-refractivity contribution in [1.82, 2.24) is 4.57 Å². The molecule has 1 heterocycles. The minimum Gasteiger partial charge on any atom is -0.310 e. The fourth-order valence-electron chi connectivity index (χ4n) is 8.89. The summed E-state index contributed by atoms with van der Waals surface area (Å²) in [6.07, 6.45) is 0. The molecule has 0 bridgehead atoms. The zero-order chi connectivity index (χ0) is 38.4. The molecule has 0 unspecified atom stereocenters. The Morgan fingerprint density at radius 3 is 1.79 bits per heavy atom. The highest BCUT2D eigenvalue weighted by Crippen LogP contribution is 2.45. The number of nitrogens with zero attached hydrogens (tertiary/aromatic N) is 2. The number of aromatic nitrogens is 1. The molecule has 0 radical (unpaired) electrons. The van der Waals surface area contributed by atoms with Gasteiger partial charge in [-0.05, 0) is 110 Å². The van der Waals surface area contributed by atoms with Crippen LogP contribution < -0.4 is 4.90 Å². The predicted octanol–water partition coefficient (Wildman–Crippen LogP) is 15.6. The van der Waals surface area contributed by atoms with Crippen molar-refractivity contribution in [2.24, 2.45) is 0 Å². The van der Waals surface area contributed by atoms with E-state index in [0.29, 0.717) is 0 Å². The van der Waals surface area contributed by atoms with Crippen molar-refractivity contribution >= 4 is 60.4 Å². The van der Waals surface area contributed by atoms with Crippen molar-refractivity contribution in [3.8, 4) is 39.1 Å². The Kier molecular flexibility index (Phi) is 8.19. The van der Waals surface area contributed by atoms with Crippen molar-refractivity contribution in [3.05, 3.63) is 231 Å². The van der Waals surface area contributed by atoms with Gasteiger partial charge in [-0.15, -0.1) is 0 Å². The number of para-hydroxylation sites is 2. The molecule has 2 nitrogen and oxygen atoms in total. The lowest BCUT2D eigenvalue weighted by Crippen LogP contribution is -2.11. The van der Waals surface area contributed by atoms with Crippen molar-refractivity contribution < 1.29 is 0 Å². The maximum atomic E-state index is 2.43. The standard InChI is InChI=1S/C56H38N2/c1-4-16-39(17-5-1)42-32-35-54-52(38-42)56-51(27-15-29-55(56)58(54)45-22-8-3-9-23-45)43-21-14-24-46(36-43)57(53-28-13-12-26-50(53)40-18-6-2-7-19-40)47-33-34-49-44(37-47)31-30-41-20-10-11-25-48(41)49/h1-38H. The maximum absolute atomic E-state index is 2.43. The van der Waals surface area contributed by atoms with E-state index in [9.17, 15) is 0 Å². The molecule has 0 fully saturated rings. The normalized spacial score (nSPS) is 11.4. The number of rotatable bonds is 7. The van der Waals surface area contributed by atoms with Gasteiger partial charge >= 0.3 is 0 Å². The third-order valence-electron chi connectivity index (χ3n) is 11.5. The third kappa shape index (κ3) is 5.74. The number of fused-ring (bicyclic) bond motifs is 6. The summed E-state index contributed by atoms with van der Waals surface area (Å²) in [5.41, 5.74) is 14.0. The molecule has 0 saturated heterocycles. The molecule has 11 rings (SSSR count). The van der Waals surface area contributed by atoms with Gasteiger partial charge in [0.05, 0.1) is 16.7 Å². The van der Waals surface area contributed by atoms with Crippen LogP contribution in [-0.2, 0) is 0 Å². The van der Waals surface area contributed by atoms with Crippen LogP contribution in [0.5, 0.6) is 0 Å². The molecule has 0 spiro atoms. The Morgan fingerprint density at radius 2 is 0.948 bits per heavy atom. The summed E-state index contributed by atoms with van der Waals surface area (Å²) < 4.78 is 2.41. The Labute approximate surface area is 338 Å². The molecule has 2 heteroatoms. The number of hydrogen-bond acceptors (Lipinski definition) is 1. The molecular formula is C56H38N2. The van der Waals surface area contributed by atoms with Crippen LogP contribution in [0.1, 0.15) is 0 Å². The molecule has 272 valence electrons. The summed E-state index contributed by atoms with van der Waals surface area (Å²) in [6, 6.07) is 83.7. The second-order valence-corrected chi connectivity index (χ2v) is 14.9. The van der Waals surface area contributed by atoms with E-state index in [0.717, 1.165) is 28.3 Å². The molecule has 0 N–H and O–H groups in total. The number of hydrogen-bond donors (Lipinski definition) is 0. The van der Waals surface area contributed by atoms with Crippen LogP contribution in [0.3, 0.4) is 0 Å². The summed E-state index contributed by atoms with van der Waals surface area (Å²) in [7, 11) is 0. The number of anilines is 3. The molecule has 1 aromatic heterocycles. The van der Waals surface area contributed by atoms with E-state index in [2.05, 4.69) is 240 Å². The molecule has 0 aliphatic rings. The van der Waals surface area contributed by atoms with E-state index in [4.69, 9.17) is 0 Å². The first-order valence-corrected chi connectivity index (χ1v) is 19.9. The average Bonchev–Trinajstić information content (AvgIpc) is 3.64. The molecule has 0 aliphatic carbocycles. The summed E-state index contributed by atoms with van der Waals surface area (Å²) in [4.78, 5) is 2.43. The van der Waals surface area contributed by atoms with Gasteiger partial charge in [0.25, 0.3) is 0 Å². The monoisotopic (exact) mass is 738 g/mol. The Balaban J connectivity index is 1.15. The zero-order valence-corrected chi connectivity index (χ0v) is 31.8. The summed E-state index contributed by atoms with van der Waals surface area (Å²) in [6.45, 7) is 0. The van der Waals surface area contributed by atoms with Crippen LogP contribution in [-0.4, -0.2) is 4.57 Å². The van der Waals surface area contributed by atoms with Gasteiger partial charge in [-0.2, -0.15) is 0 Å². The van der Waals surface area contributed by atoms with Crippen LogP contribution in [0, 0.1) is 0 Å². The van der Waals surface area contributed by atoms with Gasteiger partial charge in [0.15, 0.2) is 0 Å². The smallest absolute Gasteiger partial charge is 0.0547 e. The molecule has 11 aromatic rings. The van der Waals surface area contributed by atoms with Crippen LogP contribution in [0.15, 0.2) is 231 Å². The van der Waals surface area contributed by atoms with Gasteiger partial charge < -0.3 is 9.47 Å². The molecular weight excluding hydrogens is 701 g/mol. The van der Waals surface area contributed by atoms with Gasteiger partial charge in [0.1, 0.15) is 0 Å². The molecule has 10 aromatic carbocycles. The van der Waals surface area contributed by atoms with E-state index in [1.54, 1.807) is 0 Å². The second kappa shape index (κ2) is 14.1. The Hall–Kier alpha value is -7.68. The first-order chi connectivity index (χ1) is 28.8. The minimum absolute atomic E-state index is 1.09.